The lowest BCUT2D eigenvalue weighted by Gasteiger charge is -2.12. The van der Waals surface area contributed by atoms with Gasteiger partial charge in [0.2, 0.25) is 10.0 Å². The average Bonchev–Trinajstić information content (AvgIpc) is 2.54. The Bertz CT molecular complexity index is 442. The van der Waals surface area contributed by atoms with E-state index in [2.05, 4.69) is 10.0 Å². The Kier molecular flexibility index (Phi) is 4.94. The molecule has 1 rings (SSSR count). The van der Waals surface area contributed by atoms with Crippen LogP contribution in [0.25, 0.3) is 0 Å². The fourth-order valence-electron chi connectivity index (χ4n) is 1.68. The maximum absolute atomic E-state index is 11.8. The molecule has 102 valence electrons. The zero-order chi connectivity index (χ0) is 13.1. The van der Waals surface area contributed by atoms with E-state index >= 15 is 0 Å². The highest BCUT2D eigenvalue weighted by Gasteiger charge is 2.36. The van der Waals surface area contributed by atoms with Gasteiger partial charge in [-0.15, -0.1) is 0 Å². The van der Waals surface area contributed by atoms with Crippen LogP contribution in [-0.4, -0.2) is 52.7 Å². The zero-order valence-electron chi connectivity index (χ0n) is 10.1. The van der Waals surface area contributed by atoms with Gasteiger partial charge in [0.25, 0.3) is 0 Å². The minimum absolute atomic E-state index is 0.0250. The summed E-state index contributed by atoms with van der Waals surface area (Å²) in [5, 5.41) is 2.29. The van der Waals surface area contributed by atoms with E-state index < -0.39 is 25.1 Å². The molecule has 0 aromatic heterocycles. The van der Waals surface area contributed by atoms with Crippen LogP contribution in [0.1, 0.15) is 20.3 Å². The highest BCUT2D eigenvalue weighted by atomic mass is 32.2. The molecule has 1 aliphatic heterocycles. The molecule has 0 aromatic rings. The molecule has 6 nitrogen and oxygen atoms in total. The van der Waals surface area contributed by atoms with Gasteiger partial charge in [0.05, 0.1) is 16.8 Å². The van der Waals surface area contributed by atoms with Gasteiger partial charge < -0.3 is 5.32 Å². The van der Waals surface area contributed by atoms with E-state index in [1.54, 1.807) is 0 Å². The van der Waals surface area contributed by atoms with Crippen LogP contribution >= 0.6 is 0 Å². The Hall–Kier alpha value is -0.180. The second-order valence-corrected chi connectivity index (χ2v) is 8.85. The van der Waals surface area contributed by atoms with Crippen molar-refractivity contribution in [1.82, 2.24) is 10.0 Å². The molecule has 0 bridgehead atoms. The van der Waals surface area contributed by atoms with Crippen LogP contribution in [0.15, 0.2) is 0 Å². The minimum Gasteiger partial charge on any atom is -0.313 e. The van der Waals surface area contributed by atoms with Crippen molar-refractivity contribution in [2.75, 3.05) is 24.6 Å². The van der Waals surface area contributed by atoms with E-state index in [0.717, 1.165) is 0 Å². The van der Waals surface area contributed by atoms with Gasteiger partial charge in [0, 0.05) is 19.1 Å². The first-order chi connectivity index (χ1) is 7.73. The van der Waals surface area contributed by atoms with Crippen molar-refractivity contribution in [1.29, 1.82) is 0 Å². The molecule has 2 N–H and O–H groups in total. The van der Waals surface area contributed by atoms with Crippen molar-refractivity contribution in [3.05, 3.63) is 0 Å². The molecule has 1 fully saturated rings. The van der Waals surface area contributed by atoms with Gasteiger partial charge in [-0.25, -0.2) is 21.6 Å². The molecule has 0 amide bonds. The van der Waals surface area contributed by atoms with Gasteiger partial charge in [-0.3, -0.25) is 0 Å². The van der Waals surface area contributed by atoms with Gasteiger partial charge in [-0.1, -0.05) is 13.8 Å². The molecule has 17 heavy (non-hydrogen) atoms. The molecule has 1 aliphatic rings. The Morgan fingerprint density at radius 2 is 1.94 bits per heavy atom. The second-order valence-electron chi connectivity index (χ2n) is 4.57. The number of hydrogen-bond acceptors (Lipinski definition) is 5. The summed E-state index contributed by atoms with van der Waals surface area (Å²) in [5.41, 5.74) is 0. The van der Waals surface area contributed by atoms with Crippen LogP contribution in [0.5, 0.6) is 0 Å². The van der Waals surface area contributed by atoms with E-state index in [4.69, 9.17) is 0 Å². The quantitative estimate of drug-likeness (QED) is 0.616. The summed E-state index contributed by atoms with van der Waals surface area (Å²) in [5.74, 6) is -0.275. The fourth-order valence-corrected chi connectivity index (χ4v) is 5.76. The highest BCUT2D eigenvalue weighted by molar-refractivity contribution is 7.95. The minimum atomic E-state index is -3.50. The Morgan fingerprint density at radius 1 is 1.29 bits per heavy atom. The predicted molar refractivity (Wildman–Crippen MR) is 67.1 cm³/mol. The SMILES string of the molecule is CC(C)NCCNS(=O)(=O)C1CCS(=O)(=O)C1. The second kappa shape index (κ2) is 5.64. The summed E-state index contributed by atoms with van der Waals surface area (Å²) in [6.45, 7) is 4.77. The van der Waals surface area contributed by atoms with Crippen molar-refractivity contribution in [2.45, 2.75) is 31.6 Å². The summed E-state index contributed by atoms with van der Waals surface area (Å²) in [6.07, 6.45) is 0.204. The molecule has 0 radical (unpaired) electrons. The molecular formula is C9H20N2O4S2. The first-order valence-corrected chi connectivity index (χ1v) is 9.02. The molecule has 8 heteroatoms. The van der Waals surface area contributed by atoms with Crippen molar-refractivity contribution in [3.8, 4) is 0 Å². The number of sulfonamides is 1. The lowest BCUT2D eigenvalue weighted by molar-refractivity contribution is 0.551. The smallest absolute Gasteiger partial charge is 0.215 e. The number of nitrogens with one attached hydrogen (secondary N) is 2. The van der Waals surface area contributed by atoms with Gasteiger partial charge in [0.15, 0.2) is 9.84 Å². The van der Waals surface area contributed by atoms with Crippen LogP contribution in [0.4, 0.5) is 0 Å². The number of rotatable bonds is 6. The van der Waals surface area contributed by atoms with Crippen LogP contribution in [0.2, 0.25) is 0 Å². The molecule has 1 unspecified atom stereocenters. The van der Waals surface area contributed by atoms with E-state index in [1.807, 2.05) is 13.8 Å². The van der Waals surface area contributed by atoms with Crippen molar-refractivity contribution >= 4 is 19.9 Å². The standard InChI is InChI=1S/C9H20N2O4S2/c1-8(2)10-4-5-11-17(14,15)9-3-6-16(12,13)7-9/h8-11H,3-7H2,1-2H3. The van der Waals surface area contributed by atoms with E-state index in [0.29, 0.717) is 12.6 Å². The summed E-state index contributed by atoms with van der Waals surface area (Å²) in [4.78, 5) is 0. The Labute approximate surface area is 103 Å². The summed E-state index contributed by atoms with van der Waals surface area (Å²) >= 11 is 0. The van der Waals surface area contributed by atoms with E-state index in [1.165, 1.54) is 0 Å². The fraction of sp³-hybridized carbons (Fsp3) is 1.00. The topological polar surface area (TPSA) is 92.3 Å². The average molecular weight is 284 g/mol. The Morgan fingerprint density at radius 3 is 2.41 bits per heavy atom. The molecule has 1 saturated heterocycles. The van der Waals surface area contributed by atoms with Crippen molar-refractivity contribution < 1.29 is 16.8 Å². The molecule has 0 saturated carbocycles. The first kappa shape index (κ1) is 14.9. The van der Waals surface area contributed by atoms with Crippen LogP contribution < -0.4 is 10.0 Å². The zero-order valence-corrected chi connectivity index (χ0v) is 11.8. The highest BCUT2D eigenvalue weighted by Crippen LogP contribution is 2.17. The van der Waals surface area contributed by atoms with E-state index in [9.17, 15) is 16.8 Å². The predicted octanol–water partition coefficient (Wildman–Crippen LogP) is -0.909. The molecule has 0 aliphatic carbocycles. The molecule has 0 spiro atoms. The molecule has 0 aromatic carbocycles. The maximum atomic E-state index is 11.8. The first-order valence-electron chi connectivity index (χ1n) is 5.65. The summed E-state index contributed by atoms with van der Waals surface area (Å²) in [7, 11) is -6.66. The Balaban J connectivity index is 2.42. The monoisotopic (exact) mass is 284 g/mol. The van der Waals surface area contributed by atoms with Gasteiger partial charge in [-0.2, -0.15) is 0 Å². The lowest BCUT2D eigenvalue weighted by atomic mass is 10.4. The summed E-state index contributed by atoms with van der Waals surface area (Å²) < 4.78 is 48.4. The van der Waals surface area contributed by atoms with Gasteiger partial charge in [0.1, 0.15) is 0 Å². The molecule has 1 heterocycles. The van der Waals surface area contributed by atoms with Crippen LogP contribution in [0, 0.1) is 0 Å². The van der Waals surface area contributed by atoms with Crippen LogP contribution in [0.3, 0.4) is 0 Å². The third-order valence-electron chi connectivity index (χ3n) is 2.61. The summed E-state index contributed by atoms with van der Waals surface area (Å²) in [6, 6.07) is 0.298. The third-order valence-corrected chi connectivity index (χ3v) is 6.48. The van der Waals surface area contributed by atoms with Crippen molar-refractivity contribution in [2.24, 2.45) is 0 Å². The largest absolute Gasteiger partial charge is 0.313 e. The van der Waals surface area contributed by atoms with Crippen LogP contribution in [-0.2, 0) is 19.9 Å². The molecule has 1 atom stereocenters. The van der Waals surface area contributed by atoms with Gasteiger partial charge >= 0.3 is 0 Å². The molecular weight excluding hydrogens is 264 g/mol. The van der Waals surface area contributed by atoms with E-state index in [-0.39, 0.29) is 24.5 Å². The normalized spacial score (nSPS) is 24.3. The lowest BCUT2D eigenvalue weighted by Crippen LogP contribution is -2.39. The van der Waals surface area contributed by atoms with Gasteiger partial charge in [-0.05, 0) is 6.42 Å². The van der Waals surface area contributed by atoms with Crippen molar-refractivity contribution in [3.63, 3.8) is 0 Å². The third kappa shape index (κ3) is 4.90. The number of hydrogen-bond donors (Lipinski definition) is 2. The number of sulfone groups is 1. The maximum Gasteiger partial charge on any atom is 0.215 e.